The average molecular weight is 228 g/mol. The van der Waals surface area contributed by atoms with Crippen molar-refractivity contribution < 1.29 is 19.4 Å². The van der Waals surface area contributed by atoms with Gasteiger partial charge in [-0.15, -0.1) is 0 Å². The van der Waals surface area contributed by atoms with Crippen LogP contribution in [0.1, 0.15) is 12.8 Å². The molecule has 2 saturated heterocycles. The lowest BCUT2D eigenvalue weighted by Crippen LogP contribution is -2.51. The third kappa shape index (κ3) is 2.27. The molecule has 6 nitrogen and oxygen atoms in total. The summed E-state index contributed by atoms with van der Waals surface area (Å²) in [5.74, 6) is -0.0662. The van der Waals surface area contributed by atoms with Crippen molar-refractivity contribution in [2.75, 3.05) is 32.8 Å². The zero-order chi connectivity index (χ0) is 11.5. The van der Waals surface area contributed by atoms with Gasteiger partial charge < -0.3 is 19.6 Å². The zero-order valence-electron chi connectivity index (χ0n) is 9.09. The fourth-order valence-corrected chi connectivity index (χ4v) is 2.11. The maximum absolute atomic E-state index is 11.9. The number of hydrogen-bond donors (Lipinski definition) is 1. The maximum atomic E-state index is 11.9. The Morgan fingerprint density at radius 2 is 1.81 bits per heavy atom. The highest BCUT2D eigenvalue weighted by Gasteiger charge is 2.32. The van der Waals surface area contributed by atoms with Crippen LogP contribution in [0.4, 0.5) is 4.79 Å². The molecule has 2 aliphatic rings. The van der Waals surface area contributed by atoms with Crippen molar-refractivity contribution >= 4 is 12.0 Å². The Bertz CT molecular complexity index is 289. The summed E-state index contributed by atoms with van der Waals surface area (Å²) in [7, 11) is 0. The molecule has 0 bridgehead atoms. The van der Waals surface area contributed by atoms with E-state index in [0.717, 1.165) is 25.9 Å². The van der Waals surface area contributed by atoms with E-state index in [9.17, 15) is 9.59 Å². The molecule has 0 spiro atoms. The normalized spacial score (nSPS) is 25.9. The van der Waals surface area contributed by atoms with Gasteiger partial charge in [0, 0.05) is 19.6 Å². The molecule has 2 amide bonds. The highest BCUT2D eigenvalue weighted by Crippen LogP contribution is 2.13. The van der Waals surface area contributed by atoms with E-state index in [2.05, 4.69) is 0 Å². The number of likely N-dealkylation sites (tertiary alicyclic amines) is 1. The van der Waals surface area contributed by atoms with E-state index in [0.29, 0.717) is 13.2 Å². The quantitative estimate of drug-likeness (QED) is 0.685. The SMILES string of the molecule is O=C(O)N1CCO[C@@H](C(=O)N2CCCC2)C1. The van der Waals surface area contributed by atoms with E-state index in [-0.39, 0.29) is 12.5 Å². The molecule has 0 aromatic heterocycles. The molecule has 0 radical (unpaired) electrons. The van der Waals surface area contributed by atoms with Crippen LogP contribution in [0.5, 0.6) is 0 Å². The Balaban J connectivity index is 1.93. The fraction of sp³-hybridized carbons (Fsp3) is 0.800. The van der Waals surface area contributed by atoms with Gasteiger partial charge in [-0.25, -0.2) is 4.79 Å². The number of carbonyl (C=O) groups is 2. The van der Waals surface area contributed by atoms with Crippen molar-refractivity contribution in [3.63, 3.8) is 0 Å². The van der Waals surface area contributed by atoms with E-state index in [1.54, 1.807) is 4.90 Å². The van der Waals surface area contributed by atoms with Gasteiger partial charge in [-0.3, -0.25) is 4.79 Å². The van der Waals surface area contributed by atoms with Crippen LogP contribution >= 0.6 is 0 Å². The van der Waals surface area contributed by atoms with Gasteiger partial charge in [0.25, 0.3) is 5.91 Å². The smallest absolute Gasteiger partial charge is 0.407 e. The third-order valence-electron chi connectivity index (χ3n) is 3.03. The fourth-order valence-electron chi connectivity index (χ4n) is 2.11. The summed E-state index contributed by atoms with van der Waals surface area (Å²) < 4.78 is 5.34. The van der Waals surface area contributed by atoms with E-state index in [1.165, 1.54) is 4.90 Å². The van der Waals surface area contributed by atoms with Crippen molar-refractivity contribution in [2.24, 2.45) is 0 Å². The summed E-state index contributed by atoms with van der Waals surface area (Å²) in [5.41, 5.74) is 0. The molecule has 0 unspecified atom stereocenters. The number of carbonyl (C=O) groups excluding carboxylic acids is 1. The number of amides is 2. The second-order valence-electron chi connectivity index (χ2n) is 4.12. The monoisotopic (exact) mass is 228 g/mol. The second-order valence-corrected chi connectivity index (χ2v) is 4.12. The van der Waals surface area contributed by atoms with Crippen LogP contribution in [-0.2, 0) is 9.53 Å². The first-order valence-electron chi connectivity index (χ1n) is 5.57. The van der Waals surface area contributed by atoms with Crippen molar-refractivity contribution in [3.05, 3.63) is 0 Å². The first-order valence-corrected chi connectivity index (χ1v) is 5.57. The lowest BCUT2D eigenvalue weighted by Gasteiger charge is -2.32. The Morgan fingerprint density at radius 1 is 1.12 bits per heavy atom. The Labute approximate surface area is 93.8 Å². The molecule has 90 valence electrons. The molecule has 0 aromatic rings. The van der Waals surface area contributed by atoms with Crippen molar-refractivity contribution in [1.29, 1.82) is 0 Å². The summed E-state index contributed by atoms with van der Waals surface area (Å²) in [4.78, 5) is 25.7. The van der Waals surface area contributed by atoms with Crippen LogP contribution < -0.4 is 0 Å². The average Bonchev–Trinajstić information content (AvgIpc) is 2.81. The van der Waals surface area contributed by atoms with Crippen LogP contribution in [-0.4, -0.2) is 65.8 Å². The summed E-state index contributed by atoms with van der Waals surface area (Å²) >= 11 is 0. The molecule has 0 aliphatic carbocycles. The highest BCUT2D eigenvalue weighted by atomic mass is 16.5. The van der Waals surface area contributed by atoms with Crippen LogP contribution in [0.15, 0.2) is 0 Å². The van der Waals surface area contributed by atoms with Crippen molar-refractivity contribution in [1.82, 2.24) is 9.80 Å². The zero-order valence-corrected chi connectivity index (χ0v) is 9.09. The van der Waals surface area contributed by atoms with Gasteiger partial charge in [-0.2, -0.15) is 0 Å². The molecule has 0 saturated carbocycles. The molecule has 16 heavy (non-hydrogen) atoms. The number of ether oxygens (including phenoxy) is 1. The van der Waals surface area contributed by atoms with E-state index in [4.69, 9.17) is 9.84 Å². The molecule has 2 aliphatic heterocycles. The van der Waals surface area contributed by atoms with Gasteiger partial charge >= 0.3 is 6.09 Å². The lowest BCUT2D eigenvalue weighted by molar-refractivity contribution is -0.147. The standard InChI is InChI=1S/C10H16N2O4/c13-9(11-3-1-2-4-11)8-7-12(10(14)15)5-6-16-8/h8H,1-7H2,(H,14,15)/t8-/m1/s1. The maximum Gasteiger partial charge on any atom is 0.407 e. The van der Waals surface area contributed by atoms with Gasteiger partial charge in [-0.05, 0) is 12.8 Å². The van der Waals surface area contributed by atoms with Crippen molar-refractivity contribution in [3.8, 4) is 0 Å². The summed E-state index contributed by atoms with van der Waals surface area (Å²) in [6, 6.07) is 0. The second kappa shape index (κ2) is 4.69. The van der Waals surface area contributed by atoms with Crippen LogP contribution in [0.25, 0.3) is 0 Å². The molecular formula is C10H16N2O4. The topological polar surface area (TPSA) is 70.1 Å². The van der Waals surface area contributed by atoms with E-state index in [1.807, 2.05) is 0 Å². The van der Waals surface area contributed by atoms with Gasteiger partial charge in [-0.1, -0.05) is 0 Å². The highest BCUT2D eigenvalue weighted by molar-refractivity contribution is 5.82. The molecule has 1 N–H and O–H groups in total. The van der Waals surface area contributed by atoms with Gasteiger partial charge in [0.05, 0.1) is 13.2 Å². The molecule has 1 atom stereocenters. The summed E-state index contributed by atoms with van der Waals surface area (Å²) in [6.45, 7) is 2.35. The van der Waals surface area contributed by atoms with Gasteiger partial charge in [0.2, 0.25) is 0 Å². The van der Waals surface area contributed by atoms with E-state index < -0.39 is 12.2 Å². The van der Waals surface area contributed by atoms with Crippen molar-refractivity contribution in [2.45, 2.75) is 18.9 Å². The minimum absolute atomic E-state index is 0.0662. The predicted octanol–water partition coefficient (Wildman–Crippen LogP) is -0.0124. The molecule has 2 rings (SSSR count). The van der Waals surface area contributed by atoms with Crippen LogP contribution in [0, 0.1) is 0 Å². The van der Waals surface area contributed by atoms with E-state index >= 15 is 0 Å². The molecule has 6 heteroatoms. The van der Waals surface area contributed by atoms with Crippen LogP contribution in [0.3, 0.4) is 0 Å². The minimum Gasteiger partial charge on any atom is -0.465 e. The molecule has 0 aromatic carbocycles. The number of morpholine rings is 1. The summed E-state index contributed by atoms with van der Waals surface area (Å²) in [5, 5.41) is 8.85. The molecule has 2 heterocycles. The first-order chi connectivity index (χ1) is 7.68. The third-order valence-corrected chi connectivity index (χ3v) is 3.03. The number of nitrogens with zero attached hydrogens (tertiary/aromatic N) is 2. The predicted molar refractivity (Wildman–Crippen MR) is 55.2 cm³/mol. The number of hydrogen-bond acceptors (Lipinski definition) is 3. The molecule has 2 fully saturated rings. The molecular weight excluding hydrogens is 212 g/mol. The largest absolute Gasteiger partial charge is 0.465 e. The minimum atomic E-state index is -0.984. The first kappa shape index (κ1) is 11.2. The lowest BCUT2D eigenvalue weighted by atomic mass is 10.2. The van der Waals surface area contributed by atoms with Gasteiger partial charge in [0.15, 0.2) is 6.10 Å². The van der Waals surface area contributed by atoms with Crippen LogP contribution in [0.2, 0.25) is 0 Å². The number of carboxylic acid groups (broad SMARTS) is 1. The van der Waals surface area contributed by atoms with Gasteiger partial charge in [0.1, 0.15) is 0 Å². The Hall–Kier alpha value is -1.30. The summed E-state index contributed by atoms with van der Waals surface area (Å²) in [6.07, 6.45) is 0.466. The Morgan fingerprint density at radius 3 is 2.44 bits per heavy atom. The number of rotatable bonds is 1. The Kier molecular flexibility index (Phi) is 3.28.